The smallest absolute Gasteiger partial charge is 0.305 e. The molecule has 0 aromatic heterocycles. The van der Waals surface area contributed by atoms with E-state index in [0.29, 0.717) is 0 Å². The van der Waals surface area contributed by atoms with E-state index in [1.165, 1.54) is 5.48 Å². The Morgan fingerprint density at radius 1 is 1.24 bits per heavy atom. The minimum atomic E-state index is -1.00. The fourth-order valence-corrected chi connectivity index (χ4v) is 1.30. The summed E-state index contributed by atoms with van der Waals surface area (Å²) in [6, 6.07) is 0. The van der Waals surface area contributed by atoms with E-state index in [9.17, 15) is 14.4 Å². The molecule has 7 nitrogen and oxygen atoms in total. The monoisotopic (exact) mass is 246 g/mol. The second-order valence-corrected chi connectivity index (χ2v) is 4.02. The first kappa shape index (κ1) is 15.4. The fraction of sp³-hybridized carbons (Fsp3) is 0.700. The van der Waals surface area contributed by atoms with Crippen LogP contribution in [0.2, 0.25) is 0 Å². The molecule has 0 heterocycles. The van der Waals surface area contributed by atoms with Gasteiger partial charge in [-0.1, -0.05) is 13.8 Å². The maximum absolute atomic E-state index is 11.7. The Bertz CT molecular complexity index is 290. The molecule has 0 bridgehead atoms. The predicted octanol–water partition coefficient (Wildman–Crippen LogP) is -0.255. The largest absolute Gasteiger partial charge is 0.481 e. The number of carbonyl (C=O) groups is 3. The number of rotatable bonds is 7. The highest BCUT2D eigenvalue weighted by Gasteiger charge is 2.24. The van der Waals surface area contributed by atoms with Gasteiger partial charge in [-0.05, 0) is 5.92 Å². The Labute approximate surface area is 99.2 Å². The number of hydroxylamine groups is 1. The molecule has 0 rings (SSSR count). The van der Waals surface area contributed by atoms with Gasteiger partial charge in [0.25, 0.3) is 0 Å². The molecule has 0 fully saturated rings. The molecule has 0 saturated carbocycles. The van der Waals surface area contributed by atoms with E-state index in [-0.39, 0.29) is 31.2 Å². The Hall–Kier alpha value is -1.63. The van der Waals surface area contributed by atoms with Gasteiger partial charge in [-0.3, -0.25) is 19.6 Å². The molecule has 1 atom stereocenters. The van der Waals surface area contributed by atoms with Crippen molar-refractivity contribution in [1.82, 2.24) is 10.8 Å². The molecule has 98 valence electrons. The van der Waals surface area contributed by atoms with Crippen LogP contribution in [0.5, 0.6) is 0 Å². The van der Waals surface area contributed by atoms with E-state index in [2.05, 4.69) is 5.32 Å². The van der Waals surface area contributed by atoms with Crippen LogP contribution >= 0.6 is 0 Å². The quantitative estimate of drug-likeness (QED) is 0.365. The van der Waals surface area contributed by atoms with Crippen molar-refractivity contribution in [2.75, 3.05) is 6.54 Å². The van der Waals surface area contributed by atoms with Crippen LogP contribution in [0.3, 0.4) is 0 Å². The molecule has 0 radical (unpaired) electrons. The van der Waals surface area contributed by atoms with Crippen LogP contribution in [0.15, 0.2) is 0 Å². The molecule has 0 saturated heterocycles. The Morgan fingerprint density at radius 2 is 1.82 bits per heavy atom. The average molecular weight is 246 g/mol. The average Bonchev–Trinajstić information content (AvgIpc) is 2.24. The molecule has 2 amide bonds. The predicted molar refractivity (Wildman–Crippen MR) is 58.1 cm³/mol. The standard InChI is InChI=1S/C10H18N2O5/c1-6(2)7(5-8(13)12-17)10(16)11-4-3-9(14)15/h6-7,17H,3-5H2,1-2H3,(H,11,16)(H,12,13)(H,14,15). The minimum absolute atomic E-state index is 0.0259. The number of aliphatic carboxylic acids is 1. The lowest BCUT2D eigenvalue weighted by Crippen LogP contribution is -2.37. The van der Waals surface area contributed by atoms with Gasteiger partial charge in [-0.25, -0.2) is 5.48 Å². The van der Waals surface area contributed by atoms with Crippen molar-refractivity contribution in [3.63, 3.8) is 0 Å². The first-order chi connectivity index (χ1) is 7.88. The molecule has 4 N–H and O–H groups in total. The second-order valence-electron chi connectivity index (χ2n) is 4.02. The molecule has 0 aliphatic carbocycles. The number of carboxylic acids is 1. The van der Waals surface area contributed by atoms with Crippen LogP contribution in [0, 0.1) is 11.8 Å². The highest BCUT2D eigenvalue weighted by Crippen LogP contribution is 2.15. The van der Waals surface area contributed by atoms with Crippen LogP contribution in [-0.2, 0) is 14.4 Å². The summed E-state index contributed by atoms with van der Waals surface area (Å²) < 4.78 is 0. The molecule has 7 heteroatoms. The number of nitrogens with one attached hydrogen (secondary N) is 2. The van der Waals surface area contributed by atoms with Crippen molar-refractivity contribution in [3.05, 3.63) is 0 Å². The maximum Gasteiger partial charge on any atom is 0.305 e. The molecular weight excluding hydrogens is 228 g/mol. The van der Waals surface area contributed by atoms with Crippen LogP contribution in [0.4, 0.5) is 0 Å². The Kier molecular flexibility index (Phi) is 6.88. The molecule has 0 aliphatic heterocycles. The number of hydrogen-bond acceptors (Lipinski definition) is 4. The number of carboxylic acid groups (broad SMARTS) is 1. The van der Waals surface area contributed by atoms with Crippen LogP contribution in [0.1, 0.15) is 26.7 Å². The zero-order valence-corrected chi connectivity index (χ0v) is 9.90. The number of hydrogen-bond donors (Lipinski definition) is 4. The van der Waals surface area contributed by atoms with E-state index < -0.39 is 17.8 Å². The summed E-state index contributed by atoms with van der Waals surface area (Å²) in [6.45, 7) is 3.57. The van der Waals surface area contributed by atoms with Crippen LogP contribution < -0.4 is 10.8 Å². The van der Waals surface area contributed by atoms with Gasteiger partial charge in [0.15, 0.2) is 0 Å². The van der Waals surface area contributed by atoms with E-state index in [1.54, 1.807) is 13.8 Å². The van der Waals surface area contributed by atoms with E-state index in [1.807, 2.05) is 0 Å². The summed E-state index contributed by atoms with van der Waals surface area (Å²) in [6.07, 6.45) is -0.296. The van der Waals surface area contributed by atoms with Gasteiger partial charge in [0, 0.05) is 18.9 Å². The molecular formula is C10H18N2O5. The summed E-state index contributed by atoms with van der Waals surface area (Å²) in [7, 11) is 0. The Balaban J connectivity index is 4.25. The van der Waals surface area contributed by atoms with Gasteiger partial charge in [-0.2, -0.15) is 0 Å². The second kappa shape index (κ2) is 7.61. The first-order valence-corrected chi connectivity index (χ1v) is 5.31. The number of carbonyl (C=O) groups excluding carboxylic acids is 2. The molecule has 0 aromatic carbocycles. The van der Waals surface area contributed by atoms with Crippen molar-refractivity contribution in [2.45, 2.75) is 26.7 Å². The van der Waals surface area contributed by atoms with Crippen LogP contribution in [0.25, 0.3) is 0 Å². The minimum Gasteiger partial charge on any atom is -0.481 e. The highest BCUT2D eigenvalue weighted by molar-refractivity contribution is 5.85. The van der Waals surface area contributed by atoms with Crippen molar-refractivity contribution in [2.24, 2.45) is 11.8 Å². The summed E-state index contributed by atoms with van der Waals surface area (Å²) in [5.41, 5.74) is 1.47. The third kappa shape index (κ3) is 6.52. The van der Waals surface area contributed by atoms with Gasteiger partial charge >= 0.3 is 5.97 Å². The first-order valence-electron chi connectivity index (χ1n) is 5.31. The van der Waals surface area contributed by atoms with Crippen LogP contribution in [-0.4, -0.2) is 34.6 Å². The number of amides is 2. The summed E-state index contributed by atoms with van der Waals surface area (Å²) in [5, 5.41) is 19.2. The van der Waals surface area contributed by atoms with Crippen molar-refractivity contribution >= 4 is 17.8 Å². The molecule has 0 aliphatic rings. The van der Waals surface area contributed by atoms with Gasteiger partial charge < -0.3 is 10.4 Å². The lowest BCUT2D eigenvalue weighted by Gasteiger charge is -2.18. The third-order valence-electron chi connectivity index (χ3n) is 2.31. The van der Waals surface area contributed by atoms with Crippen molar-refractivity contribution in [3.8, 4) is 0 Å². The lowest BCUT2D eigenvalue weighted by atomic mass is 9.91. The van der Waals surface area contributed by atoms with Gasteiger partial charge in [0.2, 0.25) is 11.8 Å². The molecule has 17 heavy (non-hydrogen) atoms. The summed E-state index contributed by atoms with van der Waals surface area (Å²) in [5.74, 6) is -2.70. The normalized spacial score (nSPS) is 12.0. The molecule has 1 unspecified atom stereocenters. The summed E-state index contributed by atoms with van der Waals surface area (Å²) in [4.78, 5) is 32.9. The molecule has 0 spiro atoms. The van der Waals surface area contributed by atoms with Crippen molar-refractivity contribution in [1.29, 1.82) is 0 Å². The van der Waals surface area contributed by atoms with Gasteiger partial charge in [0.05, 0.1) is 6.42 Å². The zero-order valence-electron chi connectivity index (χ0n) is 9.90. The van der Waals surface area contributed by atoms with E-state index in [0.717, 1.165) is 0 Å². The summed E-state index contributed by atoms with van der Waals surface area (Å²) >= 11 is 0. The SMILES string of the molecule is CC(C)C(CC(=O)NO)C(=O)NCCC(=O)O. The third-order valence-corrected chi connectivity index (χ3v) is 2.31. The maximum atomic E-state index is 11.7. The van der Waals surface area contributed by atoms with E-state index >= 15 is 0 Å². The van der Waals surface area contributed by atoms with Gasteiger partial charge in [0.1, 0.15) is 0 Å². The molecule has 0 aromatic rings. The zero-order chi connectivity index (χ0) is 13.4. The van der Waals surface area contributed by atoms with E-state index in [4.69, 9.17) is 10.3 Å². The van der Waals surface area contributed by atoms with Gasteiger partial charge in [-0.15, -0.1) is 0 Å². The fourth-order valence-electron chi connectivity index (χ4n) is 1.30. The Morgan fingerprint density at radius 3 is 2.24 bits per heavy atom. The lowest BCUT2D eigenvalue weighted by molar-refractivity contribution is -0.138. The highest BCUT2D eigenvalue weighted by atomic mass is 16.5. The van der Waals surface area contributed by atoms with Crippen molar-refractivity contribution < 1.29 is 24.7 Å². The topological polar surface area (TPSA) is 116 Å².